The highest BCUT2D eigenvalue weighted by Gasteiger charge is 2.48. The maximum Gasteiger partial charge on any atom is 0.296 e. The lowest BCUT2D eigenvalue weighted by atomic mass is 9.98. The number of likely N-dealkylation sites (tertiary alicyclic amines) is 1. The summed E-state index contributed by atoms with van der Waals surface area (Å²) in [4.78, 5) is 27.7. The number of furan rings is 1. The Balaban J connectivity index is 1.88. The molecule has 0 aliphatic carbocycles. The molecule has 4 rings (SSSR count). The number of Topliss-reactive ketones (excluding diaryl/α,β-unsaturated/α-hetero) is 1. The number of amides is 1. The molecule has 1 N–H and O–H groups in total. The largest absolute Gasteiger partial charge is 0.507 e. The van der Waals surface area contributed by atoms with Crippen LogP contribution in [0, 0.1) is 6.92 Å². The molecule has 2 heterocycles. The van der Waals surface area contributed by atoms with E-state index < -0.39 is 23.5 Å². The normalized spacial score (nSPS) is 17.3. The molecule has 1 saturated heterocycles. The van der Waals surface area contributed by atoms with Crippen molar-refractivity contribution in [1.29, 1.82) is 0 Å². The highest BCUT2D eigenvalue weighted by atomic mass is 35.5. The minimum atomic E-state index is -0.974. The molecule has 1 fully saturated rings. The lowest BCUT2D eigenvalue weighted by molar-refractivity contribution is -0.140. The highest BCUT2D eigenvalue weighted by molar-refractivity contribution is 6.46. The molecule has 1 aliphatic heterocycles. The molecule has 9 heteroatoms. The summed E-state index contributed by atoms with van der Waals surface area (Å²) in [6.45, 7) is 1.85. The fourth-order valence-electron chi connectivity index (χ4n) is 3.96. The van der Waals surface area contributed by atoms with Crippen molar-refractivity contribution in [3.05, 3.63) is 86.8 Å². The molecule has 1 unspecified atom stereocenters. The van der Waals surface area contributed by atoms with Gasteiger partial charge in [0.1, 0.15) is 34.8 Å². The van der Waals surface area contributed by atoms with Crippen molar-refractivity contribution in [3.63, 3.8) is 0 Å². The van der Waals surface area contributed by atoms with Crippen LogP contribution < -0.4 is 9.47 Å². The fourth-order valence-corrected chi connectivity index (χ4v) is 4.53. The first-order chi connectivity index (χ1) is 16.2. The Morgan fingerprint density at radius 2 is 1.76 bits per heavy atom. The Labute approximate surface area is 206 Å². The number of benzene rings is 2. The summed E-state index contributed by atoms with van der Waals surface area (Å²) in [6.07, 6.45) is 0. The summed E-state index contributed by atoms with van der Waals surface area (Å²) in [5.74, 6) is -0.386. The summed E-state index contributed by atoms with van der Waals surface area (Å²) in [7, 11) is 2.94. The molecule has 0 bridgehead atoms. The number of ether oxygens (including phenoxy) is 2. The standard InChI is InChI=1S/C25H21Cl2NO6/c1-13-4-9-19(34-13)21-20(22(29)17-10-15(26)11-18(27)24(17)33-3)23(30)25(31)28(21)12-14-5-7-16(32-2)8-6-14/h4-11,21,29H,12H2,1-3H3/b22-20+. The molecule has 0 saturated carbocycles. The van der Waals surface area contributed by atoms with Crippen molar-refractivity contribution >= 4 is 40.7 Å². The van der Waals surface area contributed by atoms with Crippen molar-refractivity contribution in [2.75, 3.05) is 14.2 Å². The van der Waals surface area contributed by atoms with Gasteiger partial charge >= 0.3 is 0 Å². The van der Waals surface area contributed by atoms with Crippen LogP contribution in [0.5, 0.6) is 11.5 Å². The van der Waals surface area contributed by atoms with Crippen molar-refractivity contribution in [2.24, 2.45) is 0 Å². The number of halogens is 2. The van der Waals surface area contributed by atoms with Crippen molar-refractivity contribution in [1.82, 2.24) is 4.90 Å². The van der Waals surface area contributed by atoms with Gasteiger partial charge in [0.15, 0.2) is 0 Å². The minimum Gasteiger partial charge on any atom is -0.507 e. The van der Waals surface area contributed by atoms with Gasteiger partial charge in [0, 0.05) is 11.6 Å². The van der Waals surface area contributed by atoms with Gasteiger partial charge in [-0.15, -0.1) is 0 Å². The van der Waals surface area contributed by atoms with E-state index in [9.17, 15) is 14.7 Å². The van der Waals surface area contributed by atoms with E-state index in [2.05, 4.69) is 0 Å². The van der Waals surface area contributed by atoms with E-state index in [1.165, 1.54) is 24.1 Å². The first-order valence-electron chi connectivity index (χ1n) is 10.3. The second-order valence-electron chi connectivity index (χ2n) is 7.69. The van der Waals surface area contributed by atoms with Gasteiger partial charge in [0.2, 0.25) is 0 Å². The summed E-state index contributed by atoms with van der Waals surface area (Å²) < 4.78 is 16.3. The van der Waals surface area contributed by atoms with Crippen LogP contribution in [0.4, 0.5) is 0 Å². The van der Waals surface area contributed by atoms with E-state index >= 15 is 0 Å². The summed E-state index contributed by atoms with van der Waals surface area (Å²) >= 11 is 12.4. The van der Waals surface area contributed by atoms with Gasteiger partial charge in [-0.05, 0) is 48.9 Å². The lowest BCUT2D eigenvalue weighted by Crippen LogP contribution is -2.29. The first kappa shape index (κ1) is 23.7. The van der Waals surface area contributed by atoms with E-state index in [-0.39, 0.29) is 33.5 Å². The van der Waals surface area contributed by atoms with Crippen LogP contribution in [0.2, 0.25) is 10.0 Å². The second kappa shape index (κ2) is 9.44. The van der Waals surface area contributed by atoms with Crippen LogP contribution in [0.15, 0.2) is 58.5 Å². The second-order valence-corrected chi connectivity index (χ2v) is 8.54. The number of aryl methyl sites for hydroxylation is 1. The quantitative estimate of drug-likeness (QED) is 0.271. The number of aliphatic hydroxyl groups excluding tert-OH is 1. The number of aliphatic hydroxyl groups is 1. The van der Waals surface area contributed by atoms with Gasteiger partial charge in [-0.25, -0.2) is 0 Å². The Morgan fingerprint density at radius 1 is 1.06 bits per heavy atom. The van der Waals surface area contributed by atoms with Gasteiger partial charge < -0.3 is 23.9 Å². The van der Waals surface area contributed by atoms with Crippen LogP contribution in [-0.4, -0.2) is 35.9 Å². The van der Waals surface area contributed by atoms with E-state index in [1.54, 1.807) is 50.4 Å². The number of rotatable bonds is 6. The van der Waals surface area contributed by atoms with Gasteiger partial charge in [0.25, 0.3) is 11.7 Å². The van der Waals surface area contributed by atoms with E-state index in [1.807, 2.05) is 0 Å². The van der Waals surface area contributed by atoms with E-state index in [0.717, 1.165) is 5.56 Å². The van der Waals surface area contributed by atoms with Gasteiger partial charge in [-0.1, -0.05) is 35.3 Å². The van der Waals surface area contributed by atoms with Crippen LogP contribution in [-0.2, 0) is 16.1 Å². The Bertz CT molecular complexity index is 1300. The number of carbonyl (C=O) groups is 2. The molecule has 0 spiro atoms. The predicted octanol–water partition coefficient (Wildman–Crippen LogP) is 5.53. The zero-order chi connectivity index (χ0) is 24.6. The lowest BCUT2D eigenvalue weighted by Gasteiger charge is -2.23. The molecule has 1 aliphatic rings. The maximum atomic E-state index is 13.2. The smallest absolute Gasteiger partial charge is 0.296 e. The summed E-state index contributed by atoms with van der Waals surface area (Å²) in [6, 6.07) is 12.4. The van der Waals surface area contributed by atoms with Crippen LogP contribution in [0.25, 0.3) is 5.76 Å². The minimum absolute atomic E-state index is 0.0933. The fraction of sp³-hybridized carbons (Fsp3) is 0.200. The van der Waals surface area contributed by atoms with Gasteiger partial charge in [-0.2, -0.15) is 0 Å². The van der Waals surface area contributed by atoms with Gasteiger partial charge in [0.05, 0.1) is 30.4 Å². The third-order valence-electron chi connectivity index (χ3n) is 5.55. The molecule has 1 aromatic heterocycles. The van der Waals surface area contributed by atoms with Crippen LogP contribution >= 0.6 is 23.2 Å². The number of hydrogen-bond donors (Lipinski definition) is 1. The maximum absolute atomic E-state index is 13.2. The molecule has 1 atom stereocenters. The predicted molar refractivity (Wildman–Crippen MR) is 127 cm³/mol. The number of methoxy groups -OCH3 is 2. The van der Waals surface area contributed by atoms with E-state index in [4.69, 9.17) is 37.1 Å². The Kier molecular flexibility index (Phi) is 6.59. The zero-order valence-corrected chi connectivity index (χ0v) is 20.1. The van der Waals surface area contributed by atoms with Crippen LogP contribution in [0.3, 0.4) is 0 Å². The molecule has 3 aromatic rings. The molecular formula is C25H21Cl2NO6. The Morgan fingerprint density at radius 3 is 2.35 bits per heavy atom. The number of carbonyl (C=O) groups excluding carboxylic acids is 2. The van der Waals surface area contributed by atoms with Crippen molar-refractivity contribution in [3.8, 4) is 11.5 Å². The molecule has 34 heavy (non-hydrogen) atoms. The average molecular weight is 502 g/mol. The monoisotopic (exact) mass is 501 g/mol. The Hall–Kier alpha value is -3.42. The van der Waals surface area contributed by atoms with Crippen molar-refractivity contribution in [2.45, 2.75) is 19.5 Å². The van der Waals surface area contributed by atoms with E-state index in [0.29, 0.717) is 17.3 Å². The molecule has 1 amide bonds. The number of hydrogen-bond acceptors (Lipinski definition) is 6. The molecule has 176 valence electrons. The highest BCUT2D eigenvalue weighted by Crippen LogP contribution is 2.44. The third kappa shape index (κ3) is 4.24. The van der Waals surface area contributed by atoms with Crippen molar-refractivity contribution < 1.29 is 28.6 Å². The number of nitrogens with zero attached hydrogens (tertiary/aromatic N) is 1. The van der Waals surface area contributed by atoms with Gasteiger partial charge in [-0.3, -0.25) is 9.59 Å². The third-order valence-corrected chi connectivity index (χ3v) is 6.05. The molecule has 2 aromatic carbocycles. The SMILES string of the molecule is COc1ccc(CN2C(=O)C(=O)/C(=C(/O)c3cc(Cl)cc(Cl)c3OC)C2c2ccc(C)o2)cc1. The summed E-state index contributed by atoms with van der Waals surface area (Å²) in [5, 5.41) is 11.7. The number of ketones is 1. The van der Waals surface area contributed by atoms with Crippen LogP contribution in [0.1, 0.15) is 28.7 Å². The topological polar surface area (TPSA) is 89.2 Å². The average Bonchev–Trinajstić information content (AvgIpc) is 3.35. The first-order valence-corrected chi connectivity index (χ1v) is 11.0. The molecule has 7 nitrogen and oxygen atoms in total. The molecule has 0 radical (unpaired) electrons. The molecular weight excluding hydrogens is 481 g/mol. The zero-order valence-electron chi connectivity index (χ0n) is 18.6. The summed E-state index contributed by atoms with van der Waals surface area (Å²) in [5.41, 5.74) is 0.708.